The number of aryl methyl sites for hydroxylation is 1. The first-order chi connectivity index (χ1) is 15.8. The van der Waals surface area contributed by atoms with E-state index >= 15 is 0 Å². The van der Waals surface area contributed by atoms with E-state index in [-0.39, 0.29) is 11.6 Å². The molecule has 1 atom stereocenters. The number of nitrogens with one attached hydrogen (secondary N) is 3. The van der Waals surface area contributed by atoms with Gasteiger partial charge in [-0.25, -0.2) is 9.78 Å². The van der Waals surface area contributed by atoms with Crippen molar-refractivity contribution >= 4 is 35.0 Å². The number of aromatic nitrogens is 2. The molecular formula is C24H25N5O4. The molecule has 0 radical (unpaired) electrons. The fourth-order valence-corrected chi connectivity index (χ4v) is 3.83. The van der Waals surface area contributed by atoms with Gasteiger partial charge in [0.05, 0.1) is 16.9 Å². The van der Waals surface area contributed by atoms with E-state index < -0.39 is 18.0 Å². The number of Topliss-reactive ketones (excluding diaryl/α,β-unsaturated/α-hetero) is 1. The zero-order valence-electron chi connectivity index (χ0n) is 18.4. The number of hydrogen-bond donors (Lipinski definition) is 4. The summed E-state index contributed by atoms with van der Waals surface area (Å²) >= 11 is 0. The van der Waals surface area contributed by atoms with E-state index in [1.165, 1.54) is 14.0 Å². The smallest absolute Gasteiger partial charge is 0.407 e. The normalized spacial score (nSPS) is 13.7. The number of carbonyl (C=O) groups excluding carboxylic acids is 2. The molecule has 0 saturated carbocycles. The van der Waals surface area contributed by atoms with Crippen molar-refractivity contribution in [1.82, 2.24) is 14.9 Å². The van der Waals surface area contributed by atoms with Crippen LogP contribution in [0.1, 0.15) is 35.8 Å². The molecule has 170 valence electrons. The number of aromatic amines is 1. The molecule has 0 spiro atoms. The third kappa shape index (κ3) is 4.57. The van der Waals surface area contributed by atoms with Gasteiger partial charge in [-0.05, 0) is 44.0 Å². The van der Waals surface area contributed by atoms with Gasteiger partial charge in [0.15, 0.2) is 5.78 Å². The summed E-state index contributed by atoms with van der Waals surface area (Å²) in [6.45, 7) is 1.50. The lowest BCUT2D eigenvalue weighted by atomic mass is 9.95. The van der Waals surface area contributed by atoms with Gasteiger partial charge < -0.3 is 20.7 Å². The van der Waals surface area contributed by atoms with Gasteiger partial charge >= 0.3 is 6.09 Å². The van der Waals surface area contributed by atoms with Gasteiger partial charge in [0.25, 0.3) is 0 Å². The molecule has 0 unspecified atom stereocenters. The minimum absolute atomic E-state index is 0.0882. The summed E-state index contributed by atoms with van der Waals surface area (Å²) in [5.41, 5.74) is 4.57. The van der Waals surface area contributed by atoms with Gasteiger partial charge in [0.1, 0.15) is 11.9 Å². The minimum atomic E-state index is -1.20. The summed E-state index contributed by atoms with van der Waals surface area (Å²) in [5, 5.41) is 15.2. The Labute approximate surface area is 190 Å². The molecule has 4 N–H and O–H groups in total. The zero-order valence-corrected chi connectivity index (χ0v) is 18.4. The lowest BCUT2D eigenvalue weighted by Gasteiger charge is -2.20. The molecule has 0 saturated heterocycles. The number of pyridine rings is 1. The van der Waals surface area contributed by atoms with Crippen LogP contribution in [0.4, 0.5) is 22.0 Å². The quantitative estimate of drug-likeness (QED) is 0.447. The fraction of sp³-hybridized carbons (Fsp3) is 0.250. The van der Waals surface area contributed by atoms with E-state index in [1.807, 2.05) is 30.3 Å². The number of likely N-dealkylation sites (N-methyl/N-ethyl adjacent to an activating group) is 1. The standard InChI is InChI=1S/C24H25N5O4/c1-14(29(2)24(32)33)23(31)28-19-13-15(11-12-25-19)21-22(26-16-7-4-3-5-8-16)20-17(27-21)9-6-10-18(20)30/h3-5,7-8,11-14,26-27H,6,9-10H2,1-2H3,(H,32,33)(H,25,28,31)/t14-/m1/s1. The molecule has 0 bridgehead atoms. The summed E-state index contributed by atoms with van der Waals surface area (Å²) in [7, 11) is 1.33. The highest BCUT2D eigenvalue weighted by Gasteiger charge is 2.27. The molecule has 2 amide bonds. The molecule has 1 aliphatic carbocycles. The SMILES string of the molecule is C[C@H](C(=O)Nc1cc(-c2[nH]c3c(c2Nc2ccccc2)C(=O)CCC3)ccn1)N(C)C(=O)O. The molecular weight excluding hydrogens is 422 g/mol. The van der Waals surface area contributed by atoms with Crippen molar-refractivity contribution in [3.63, 3.8) is 0 Å². The highest BCUT2D eigenvalue weighted by atomic mass is 16.4. The van der Waals surface area contributed by atoms with Crippen LogP contribution >= 0.6 is 0 Å². The van der Waals surface area contributed by atoms with Crippen LogP contribution in [-0.2, 0) is 11.2 Å². The van der Waals surface area contributed by atoms with Gasteiger partial charge in [-0.3, -0.25) is 14.5 Å². The number of hydrogen-bond acceptors (Lipinski definition) is 5. The summed E-state index contributed by atoms with van der Waals surface area (Å²) in [4.78, 5) is 44.9. The van der Waals surface area contributed by atoms with Crippen molar-refractivity contribution in [2.24, 2.45) is 0 Å². The Kier molecular flexibility index (Phi) is 6.12. The lowest BCUT2D eigenvalue weighted by molar-refractivity contribution is -0.119. The van der Waals surface area contributed by atoms with Crippen LogP contribution in [0.3, 0.4) is 0 Å². The van der Waals surface area contributed by atoms with Crippen LogP contribution in [0.5, 0.6) is 0 Å². The maximum atomic E-state index is 12.8. The van der Waals surface area contributed by atoms with Crippen molar-refractivity contribution in [3.8, 4) is 11.3 Å². The molecule has 2 heterocycles. The van der Waals surface area contributed by atoms with E-state index in [4.69, 9.17) is 5.11 Å². The number of rotatable bonds is 6. The lowest BCUT2D eigenvalue weighted by Crippen LogP contribution is -2.42. The first-order valence-corrected chi connectivity index (χ1v) is 10.7. The van der Waals surface area contributed by atoms with E-state index in [0.717, 1.165) is 40.4 Å². The van der Waals surface area contributed by atoms with Crippen molar-refractivity contribution in [1.29, 1.82) is 0 Å². The first-order valence-electron chi connectivity index (χ1n) is 10.7. The Morgan fingerprint density at radius 1 is 1.18 bits per heavy atom. The number of fused-ring (bicyclic) bond motifs is 1. The molecule has 1 aliphatic rings. The van der Waals surface area contributed by atoms with Crippen LogP contribution in [0.2, 0.25) is 0 Å². The number of benzene rings is 1. The van der Waals surface area contributed by atoms with Crippen LogP contribution in [-0.4, -0.2) is 50.8 Å². The Morgan fingerprint density at radius 2 is 1.94 bits per heavy atom. The average Bonchev–Trinajstić information content (AvgIpc) is 3.18. The van der Waals surface area contributed by atoms with Gasteiger partial charge in [-0.15, -0.1) is 0 Å². The molecule has 3 aromatic rings. The summed E-state index contributed by atoms with van der Waals surface area (Å²) < 4.78 is 0. The van der Waals surface area contributed by atoms with E-state index in [2.05, 4.69) is 20.6 Å². The largest absolute Gasteiger partial charge is 0.465 e. The highest BCUT2D eigenvalue weighted by Crippen LogP contribution is 2.39. The maximum Gasteiger partial charge on any atom is 0.407 e. The number of para-hydroxylation sites is 1. The van der Waals surface area contributed by atoms with Crippen LogP contribution < -0.4 is 10.6 Å². The molecule has 9 nitrogen and oxygen atoms in total. The molecule has 2 aromatic heterocycles. The maximum absolute atomic E-state index is 12.8. The fourth-order valence-electron chi connectivity index (χ4n) is 3.83. The summed E-state index contributed by atoms with van der Waals surface area (Å²) in [5.74, 6) is -0.119. The van der Waals surface area contributed by atoms with Gasteiger partial charge in [0.2, 0.25) is 5.91 Å². The second kappa shape index (κ2) is 9.15. The Hall–Kier alpha value is -4.14. The molecule has 0 fully saturated rings. The van der Waals surface area contributed by atoms with Crippen molar-refractivity contribution < 1.29 is 19.5 Å². The number of amides is 2. The number of anilines is 3. The van der Waals surface area contributed by atoms with E-state index in [0.29, 0.717) is 17.7 Å². The Balaban J connectivity index is 1.69. The predicted molar refractivity (Wildman–Crippen MR) is 125 cm³/mol. The number of H-pyrrole nitrogens is 1. The average molecular weight is 447 g/mol. The van der Waals surface area contributed by atoms with Gasteiger partial charge in [0, 0.05) is 36.6 Å². The van der Waals surface area contributed by atoms with Crippen molar-refractivity contribution in [2.75, 3.05) is 17.7 Å². The predicted octanol–water partition coefficient (Wildman–Crippen LogP) is 4.28. The van der Waals surface area contributed by atoms with Gasteiger partial charge in [-0.2, -0.15) is 0 Å². The second-order valence-corrected chi connectivity index (χ2v) is 7.98. The highest BCUT2D eigenvalue weighted by molar-refractivity contribution is 6.07. The minimum Gasteiger partial charge on any atom is -0.465 e. The Morgan fingerprint density at radius 3 is 2.67 bits per heavy atom. The monoisotopic (exact) mass is 447 g/mol. The second-order valence-electron chi connectivity index (χ2n) is 7.98. The van der Waals surface area contributed by atoms with E-state index in [1.54, 1.807) is 18.3 Å². The molecule has 1 aromatic carbocycles. The summed E-state index contributed by atoms with van der Waals surface area (Å²) in [6.07, 6.45) is 2.43. The third-order valence-electron chi connectivity index (χ3n) is 5.79. The van der Waals surface area contributed by atoms with E-state index in [9.17, 15) is 14.4 Å². The van der Waals surface area contributed by atoms with Crippen molar-refractivity contribution in [2.45, 2.75) is 32.2 Å². The van der Waals surface area contributed by atoms with Crippen molar-refractivity contribution in [3.05, 3.63) is 59.9 Å². The molecule has 4 rings (SSSR count). The molecule has 33 heavy (non-hydrogen) atoms. The number of carbonyl (C=O) groups is 3. The van der Waals surface area contributed by atoms with Gasteiger partial charge in [-0.1, -0.05) is 18.2 Å². The van der Waals surface area contributed by atoms with Crippen LogP contribution in [0, 0.1) is 0 Å². The number of ketones is 1. The molecule has 0 aliphatic heterocycles. The van der Waals surface area contributed by atoms with Crippen LogP contribution in [0.15, 0.2) is 48.7 Å². The van der Waals surface area contributed by atoms with Crippen LogP contribution in [0.25, 0.3) is 11.3 Å². The zero-order chi connectivity index (χ0) is 23.5. The summed E-state index contributed by atoms with van der Waals surface area (Å²) in [6, 6.07) is 12.2. The molecule has 9 heteroatoms. The number of nitrogens with zero attached hydrogens (tertiary/aromatic N) is 2. The first kappa shape index (κ1) is 22.1. The topological polar surface area (TPSA) is 127 Å². The Bertz CT molecular complexity index is 1200. The third-order valence-corrected chi connectivity index (χ3v) is 5.79. The number of carboxylic acid groups (broad SMARTS) is 1.